The van der Waals surface area contributed by atoms with Crippen LogP contribution in [0.1, 0.15) is 276 Å². The summed E-state index contributed by atoms with van der Waals surface area (Å²) in [5.41, 5.74) is 26.1. The van der Waals surface area contributed by atoms with E-state index >= 15 is 0 Å². The van der Waals surface area contributed by atoms with Gasteiger partial charge in [0.25, 0.3) is 0 Å². The maximum absolute atomic E-state index is 9.09. The molecule has 0 unspecified atom stereocenters. The molecule has 10 heterocycles. The van der Waals surface area contributed by atoms with Crippen LogP contribution < -0.4 is 0 Å². The van der Waals surface area contributed by atoms with Gasteiger partial charge in [-0.15, -0.1) is 0 Å². The van der Waals surface area contributed by atoms with Crippen molar-refractivity contribution < 1.29 is 5.11 Å². The maximum atomic E-state index is 9.09. The number of rotatable bonds is 10. The van der Waals surface area contributed by atoms with Gasteiger partial charge in [0.2, 0.25) is 0 Å². The van der Waals surface area contributed by atoms with Gasteiger partial charge in [0.1, 0.15) is 5.75 Å². The molecule has 0 spiro atoms. The number of phenolic OH excluding ortho intramolecular Hbond substituents is 1. The van der Waals surface area contributed by atoms with Crippen LogP contribution in [-0.2, 0) is 0 Å². The van der Waals surface area contributed by atoms with Crippen molar-refractivity contribution in [3.63, 3.8) is 0 Å². The van der Waals surface area contributed by atoms with Crippen LogP contribution in [0.3, 0.4) is 0 Å². The zero-order valence-electron chi connectivity index (χ0n) is 80.1. The van der Waals surface area contributed by atoms with Crippen LogP contribution >= 0.6 is 23.2 Å². The molecule has 0 fully saturated rings. The van der Waals surface area contributed by atoms with Crippen LogP contribution in [0.2, 0.25) is 10.0 Å². The van der Waals surface area contributed by atoms with E-state index in [1.807, 2.05) is 136 Å². The van der Waals surface area contributed by atoms with Crippen molar-refractivity contribution in [3.05, 3.63) is 381 Å². The number of hydrogen-bond donors (Lipinski definition) is 1. The quantitative estimate of drug-likeness (QED) is 0.138. The summed E-state index contributed by atoms with van der Waals surface area (Å²) >= 11 is 11.9. The van der Waals surface area contributed by atoms with Gasteiger partial charge in [0.15, 0.2) is 5.65 Å². The van der Waals surface area contributed by atoms with Crippen molar-refractivity contribution in [2.24, 2.45) is 0 Å². The molecule has 0 saturated heterocycles. The van der Waals surface area contributed by atoms with Crippen molar-refractivity contribution in [2.75, 3.05) is 0 Å². The van der Waals surface area contributed by atoms with E-state index in [0.717, 1.165) is 77.0 Å². The summed E-state index contributed by atoms with van der Waals surface area (Å²) in [7, 11) is 0. The Labute approximate surface area is 777 Å². The highest BCUT2D eigenvalue weighted by Gasteiger charge is 2.12. The van der Waals surface area contributed by atoms with Gasteiger partial charge in [0, 0.05) is 117 Å². The first-order valence-electron chi connectivity index (χ1n) is 45.2. The lowest BCUT2D eigenvalue weighted by atomic mass is 9.98. The normalized spacial score (nSPS) is 11.0. The van der Waals surface area contributed by atoms with Gasteiger partial charge in [-0.3, -0.25) is 44.9 Å². The summed E-state index contributed by atoms with van der Waals surface area (Å²) in [5, 5.41) is 19.9. The molecule has 12 nitrogen and oxygen atoms in total. The highest BCUT2D eigenvalue weighted by atomic mass is 35.5. The predicted molar refractivity (Wildman–Crippen MR) is 552 cm³/mol. The summed E-state index contributed by atoms with van der Waals surface area (Å²) in [6.45, 7) is 52.0. The minimum atomic E-state index is 0.149. The number of phenols is 1. The molecule has 0 amide bonds. The summed E-state index contributed by atoms with van der Waals surface area (Å²) in [6.07, 6.45) is 20.1. The van der Waals surface area contributed by atoms with Crippen LogP contribution in [0.5, 0.6) is 5.75 Å². The van der Waals surface area contributed by atoms with Crippen LogP contribution in [0.15, 0.2) is 293 Å². The Balaban J connectivity index is 0.000000162. The number of aromatic hydroxyl groups is 1. The minimum Gasteiger partial charge on any atom is -0.506 e. The number of benzene rings is 8. The Kier molecular flexibility index (Phi) is 38.4. The Hall–Kier alpha value is -12.4. The zero-order valence-corrected chi connectivity index (χ0v) is 81.6. The van der Waals surface area contributed by atoms with E-state index in [4.69, 9.17) is 28.3 Å². The van der Waals surface area contributed by atoms with Crippen molar-refractivity contribution >= 4 is 111 Å². The minimum absolute atomic E-state index is 0.149. The fourth-order valence-corrected chi connectivity index (χ4v) is 14.5. The largest absolute Gasteiger partial charge is 0.506 e. The molecule has 129 heavy (non-hydrogen) atoms. The monoisotopic (exact) mass is 1750 g/mol. The lowest BCUT2D eigenvalue weighted by Crippen LogP contribution is -1.92. The maximum Gasteiger partial charge on any atom is 0.159 e. The first kappa shape index (κ1) is 100. The highest BCUT2D eigenvalue weighted by Crippen LogP contribution is 2.32. The number of halogens is 2. The number of fused-ring (bicyclic) bond motifs is 8. The molecule has 0 aliphatic rings. The van der Waals surface area contributed by atoms with E-state index in [1.165, 1.54) is 93.5 Å². The average molecular weight is 1750 g/mol. The first-order valence-corrected chi connectivity index (χ1v) is 46.0. The third kappa shape index (κ3) is 30.4. The summed E-state index contributed by atoms with van der Waals surface area (Å²) in [4.78, 5) is 47.0. The molecule has 0 saturated carbocycles. The van der Waals surface area contributed by atoms with Gasteiger partial charge in [-0.2, -0.15) is 0 Å². The molecule has 0 aliphatic heterocycles. The van der Waals surface area contributed by atoms with Crippen molar-refractivity contribution in [2.45, 2.75) is 225 Å². The van der Waals surface area contributed by atoms with E-state index in [-0.39, 0.29) is 5.75 Å². The summed E-state index contributed by atoms with van der Waals surface area (Å²) in [6, 6.07) is 76.9. The Bertz CT molecular complexity index is 5900. The fraction of sp³-hybridized carbons (Fsp3) is 0.296. The molecular weight excluding hydrogens is 1620 g/mol. The van der Waals surface area contributed by atoms with Crippen LogP contribution in [0, 0.1) is 27.7 Å². The van der Waals surface area contributed by atoms with Crippen molar-refractivity contribution in [1.29, 1.82) is 0 Å². The molecule has 0 aliphatic carbocycles. The van der Waals surface area contributed by atoms with Crippen molar-refractivity contribution in [1.82, 2.24) is 54.8 Å². The number of aryl methyl sites for hydroxylation is 4. The number of para-hydroxylation sites is 1. The SMILES string of the molecule is CC(C)c1cc(Cl)c2ncccc2c1.CC(C)c1ccc(O)c(Cl)c1.CC(C)c1ccc2cnccc2c1.CC(C)c1ccc2ncccc2c1.CC(C)c1ccc2nccnc2c1.CC(C)c1cnc2ccccc2c1.CC(C)c1cnc2ncccc2c1.Cc1cc(C(C)C)cc(C)n1.Cc1cc(C(C)C)cc2cccnc12.Cc1cc(C(C)C)cc2cccnc12. The third-order valence-electron chi connectivity index (χ3n) is 22.1. The van der Waals surface area contributed by atoms with Gasteiger partial charge < -0.3 is 5.11 Å². The van der Waals surface area contributed by atoms with Gasteiger partial charge in [0.05, 0.1) is 48.7 Å². The second-order valence-corrected chi connectivity index (χ2v) is 36.7. The van der Waals surface area contributed by atoms with Crippen LogP contribution in [-0.4, -0.2) is 59.9 Å². The third-order valence-corrected chi connectivity index (χ3v) is 22.7. The molecule has 0 bridgehead atoms. The van der Waals surface area contributed by atoms with Crippen LogP contribution in [0.25, 0.3) is 87.4 Å². The molecule has 8 aromatic carbocycles. The van der Waals surface area contributed by atoms with Gasteiger partial charge >= 0.3 is 0 Å². The van der Waals surface area contributed by atoms with E-state index in [0.29, 0.717) is 64.2 Å². The van der Waals surface area contributed by atoms with Gasteiger partial charge in [-0.1, -0.05) is 253 Å². The van der Waals surface area contributed by atoms with E-state index in [1.54, 1.807) is 36.9 Å². The second-order valence-electron chi connectivity index (χ2n) is 35.9. The molecule has 0 radical (unpaired) electrons. The standard InChI is InChI=1S/2C13H15N.C12H12ClN.3C12H13N.2C11H12N2.C10H15N.C9H11ClO/c2*1-9(2)12-7-10(3)13-11(8-12)5-4-6-14-13;1-8(2)10-6-9-4-3-5-14-12(9)11(13)7-10;1-9(2)10-3-4-12-8-13-6-5-11(12)7-10;1-9(2)10-5-6-12-11(8-10)4-3-7-13-12;1-9(2)11-7-10-5-3-4-6-12(10)13-8-11;1-8(2)9-3-4-10-11(7-9)13-6-5-12-10;1-8(2)10-6-9-4-3-5-12-11(9)13-7-10;1-7(2)10-5-8(3)11-9(4)6-10;1-6(2)7-3-4-9(11)8(10)5-7/h2*4-9H,1-3H3;3-8H,1-2H3;3*3-9H,1-2H3;2*3-8H,1-2H3;5-7H,1-4H3;3-6,11H,1-2H3. The molecule has 1 N–H and O–H groups in total. The Morgan fingerprint density at radius 1 is 0.225 bits per heavy atom. The molecule has 0 atom stereocenters. The fourth-order valence-electron chi connectivity index (χ4n) is 14.0. The highest BCUT2D eigenvalue weighted by molar-refractivity contribution is 6.35. The van der Waals surface area contributed by atoms with E-state index < -0.39 is 0 Å². The molecule has 18 rings (SSSR count). The van der Waals surface area contributed by atoms with E-state index in [2.05, 4.69) is 341 Å². The summed E-state index contributed by atoms with van der Waals surface area (Å²) < 4.78 is 0. The lowest BCUT2D eigenvalue weighted by Gasteiger charge is -2.08. The van der Waals surface area contributed by atoms with Gasteiger partial charge in [-0.25, -0.2) is 9.97 Å². The lowest BCUT2D eigenvalue weighted by molar-refractivity contribution is 0.475. The second kappa shape index (κ2) is 49.3. The number of nitrogens with zero attached hydrogens (tertiary/aromatic N) is 11. The number of aromatic nitrogens is 11. The van der Waals surface area contributed by atoms with E-state index in [9.17, 15) is 0 Å². The Morgan fingerprint density at radius 2 is 0.581 bits per heavy atom. The average Bonchev–Trinajstić information content (AvgIpc) is 0.679. The number of pyridine rings is 9. The molecule has 14 heteroatoms. The van der Waals surface area contributed by atoms with Crippen molar-refractivity contribution in [3.8, 4) is 5.75 Å². The Morgan fingerprint density at radius 3 is 1.11 bits per heavy atom. The molecule has 18 aromatic rings. The molecule has 10 aromatic heterocycles. The predicted octanol–water partition coefficient (Wildman–Crippen LogP) is 32.9. The smallest absolute Gasteiger partial charge is 0.159 e. The molecule has 666 valence electrons. The molecular formula is C115H131Cl2N11O. The van der Waals surface area contributed by atoms with Gasteiger partial charge in [-0.05, 0) is 292 Å². The first-order chi connectivity index (χ1) is 61.6. The number of hydrogen-bond acceptors (Lipinski definition) is 12. The summed E-state index contributed by atoms with van der Waals surface area (Å²) in [5.74, 6) is 5.68. The topological polar surface area (TPSA) is 162 Å². The van der Waals surface area contributed by atoms with Crippen LogP contribution in [0.4, 0.5) is 0 Å². The zero-order chi connectivity index (χ0) is 93.5.